The third kappa shape index (κ3) is 3.32. The van der Waals surface area contributed by atoms with E-state index in [2.05, 4.69) is 5.32 Å². The van der Waals surface area contributed by atoms with Crippen molar-refractivity contribution in [2.45, 2.75) is 25.8 Å². The van der Waals surface area contributed by atoms with Crippen molar-refractivity contribution in [3.05, 3.63) is 29.8 Å². The molecular weight excluding hydrogens is 292 g/mol. The zero-order valence-electron chi connectivity index (χ0n) is 13.5. The summed E-state index contributed by atoms with van der Waals surface area (Å²) in [5.74, 6) is 0.424. The molecule has 0 unspecified atom stereocenters. The van der Waals surface area contributed by atoms with Gasteiger partial charge in [0.25, 0.3) is 5.91 Å². The zero-order chi connectivity index (χ0) is 16.4. The minimum absolute atomic E-state index is 0.0489. The van der Waals surface area contributed by atoms with Gasteiger partial charge < -0.3 is 16.0 Å². The molecule has 3 N–H and O–H groups in total. The number of nitrogens with zero attached hydrogens (tertiary/aromatic N) is 2. The predicted octanol–water partition coefficient (Wildman–Crippen LogP) is 1.42. The summed E-state index contributed by atoms with van der Waals surface area (Å²) in [6.07, 6.45) is 2.09. The summed E-state index contributed by atoms with van der Waals surface area (Å²) >= 11 is 0. The molecule has 1 aromatic carbocycles. The van der Waals surface area contributed by atoms with Gasteiger partial charge >= 0.3 is 6.03 Å². The van der Waals surface area contributed by atoms with E-state index in [1.165, 1.54) is 0 Å². The highest BCUT2D eigenvalue weighted by Crippen LogP contribution is 2.22. The SMILES string of the molecule is C[C@H](N)[C@@H]1CCCN(C(=O)c2ccc(N3CCNC3=O)cc2)C1. The van der Waals surface area contributed by atoms with Gasteiger partial charge in [-0.1, -0.05) is 0 Å². The molecule has 3 amide bonds. The van der Waals surface area contributed by atoms with E-state index in [0.717, 1.165) is 31.6 Å². The largest absolute Gasteiger partial charge is 0.338 e. The number of likely N-dealkylation sites (tertiary alicyclic amines) is 1. The summed E-state index contributed by atoms with van der Waals surface area (Å²) in [5.41, 5.74) is 7.48. The molecule has 124 valence electrons. The Balaban J connectivity index is 1.69. The van der Waals surface area contributed by atoms with Crippen LogP contribution in [0.15, 0.2) is 24.3 Å². The quantitative estimate of drug-likeness (QED) is 0.885. The summed E-state index contributed by atoms with van der Waals surface area (Å²) in [6, 6.07) is 7.31. The van der Waals surface area contributed by atoms with Gasteiger partial charge in [-0.2, -0.15) is 0 Å². The lowest BCUT2D eigenvalue weighted by Crippen LogP contribution is -2.45. The molecule has 2 fully saturated rings. The molecule has 1 aromatic rings. The molecule has 2 atom stereocenters. The molecule has 3 rings (SSSR count). The molecule has 0 bridgehead atoms. The first kappa shape index (κ1) is 15.8. The summed E-state index contributed by atoms with van der Waals surface area (Å²) in [6.45, 7) is 4.85. The van der Waals surface area contributed by atoms with Crippen molar-refractivity contribution in [3.63, 3.8) is 0 Å². The number of anilines is 1. The molecule has 2 heterocycles. The highest BCUT2D eigenvalue weighted by molar-refractivity contribution is 5.97. The van der Waals surface area contributed by atoms with Gasteiger partial charge in [-0.05, 0) is 49.9 Å². The third-order valence-corrected chi connectivity index (χ3v) is 4.77. The van der Waals surface area contributed by atoms with E-state index in [0.29, 0.717) is 24.6 Å². The Bertz CT molecular complexity index is 585. The van der Waals surface area contributed by atoms with Crippen molar-refractivity contribution in [3.8, 4) is 0 Å². The molecule has 0 aliphatic carbocycles. The summed E-state index contributed by atoms with van der Waals surface area (Å²) < 4.78 is 0. The maximum absolute atomic E-state index is 12.7. The van der Waals surface area contributed by atoms with Gasteiger partial charge in [-0.3, -0.25) is 9.69 Å². The van der Waals surface area contributed by atoms with Gasteiger partial charge in [0.15, 0.2) is 0 Å². The van der Waals surface area contributed by atoms with Crippen LogP contribution < -0.4 is 16.0 Å². The topological polar surface area (TPSA) is 78.7 Å². The minimum atomic E-state index is -0.0834. The van der Waals surface area contributed by atoms with Crippen molar-refractivity contribution in [2.24, 2.45) is 11.7 Å². The van der Waals surface area contributed by atoms with E-state index < -0.39 is 0 Å². The molecule has 2 saturated heterocycles. The van der Waals surface area contributed by atoms with Gasteiger partial charge in [0, 0.05) is 43.5 Å². The molecule has 0 saturated carbocycles. The second kappa shape index (κ2) is 6.58. The first-order chi connectivity index (χ1) is 11.1. The van der Waals surface area contributed by atoms with Crippen molar-refractivity contribution in [2.75, 3.05) is 31.1 Å². The van der Waals surface area contributed by atoms with Crippen LogP contribution in [0.2, 0.25) is 0 Å². The lowest BCUT2D eigenvalue weighted by Gasteiger charge is -2.34. The van der Waals surface area contributed by atoms with Crippen LogP contribution in [0.4, 0.5) is 10.5 Å². The second-order valence-electron chi connectivity index (χ2n) is 6.44. The Labute approximate surface area is 136 Å². The molecule has 6 nitrogen and oxygen atoms in total. The van der Waals surface area contributed by atoms with E-state index in [-0.39, 0.29) is 18.0 Å². The second-order valence-corrected chi connectivity index (χ2v) is 6.44. The van der Waals surface area contributed by atoms with Crippen LogP contribution in [0, 0.1) is 5.92 Å². The van der Waals surface area contributed by atoms with E-state index in [1.807, 2.05) is 24.0 Å². The van der Waals surface area contributed by atoms with Gasteiger partial charge in [-0.25, -0.2) is 4.79 Å². The van der Waals surface area contributed by atoms with Crippen LogP contribution in [0.25, 0.3) is 0 Å². The van der Waals surface area contributed by atoms with Crippen LogP contribution in [0.3, 0.4) is 0 Å². The molecule has 6 heteroatoms. The van der Waals surface area contributed by atoms with Gasteiger partial charge in [0.2, 0.25) is 0 Å². The first-order valence-corrected chi connectivity index (χ1v) is 8.26. The highest BCUT2D eigenvalue weighted by Gasteiger charge is 2.27. The number of benzene rings is 1. The average molecular weight is 316 g/mol. The van der Waals surface area contributed by atoms with Crippen LogP contribution in [0.5, 0.6) is 0 Å². The van der Waals surface area contributed by atoms with Crippen LogP contribution in [-0.2, 0) is 0 Å². The van der Waals surface area contributed by atoms with Gasteiger partial charge in [-0.15, -0.1) is 0 Å². The maximum atomic E-state index is 12.7. The molecule has 2 aliphatic rings. The van der Waals surface area contributed by atoms with E-state index in [9.17, 15) is 9.59 Å². The fraction of sp³-hybridized carbons (Fsp3) is 0.529. The number of amides is 3. The van der Waals surface area contributed by atoms with Crippen molar-refractivity contribution < 1.29 is 9.59 Å². The number of nitrogens with one attached hydrogen (secondary N) is 1. The Morgan fingerprint density at radius 2 is 2.04 bits per heavy atom. The normalized spacial score (nSPS) is 22.9. The summed E-state index contributed by atoms with van der Waals surface area (Å²) in [7, 11) is 0. The number of hydrogen-bond donors (Lipinski definition) is 2. The number of hydrogen-bond acceptors (Lipinski definition) is 3. The fourth-order valence-electron chi connectivity index (χ4n) is 3.31. The lowest BCUT2D eigenvalue weighted by molar-refractivity contribution is 0.0661. The number of carbonyl (C=O) groups excluding carboxylic acids is 2. The number of nitrogens with two attached hydrogens (primary N) is 1. The van der Waals surface area contributed by atoms with Crippen LogP contribution in [0.1, 0.15) is 30.1 Å². The van der Waals surface area contributed by atoms with Crippen LogP contribution >= 0.6 is 0 Å². The van der Waals surface area contributed by atoms with E-state index >= 15 is 0 Å². The van der Waals surface area contributed by atoms with Crippen molar-refractivity contribution in [1.82, 2.24) is 10.2 Å². The highest BCUT2D eigenvalue weighted by atomic mass is 16.2. The first-order valence-electron chi connectivity index (χ1n) is 8.26. The Hall–Kier alpha value is -2.08. The zero-order valence-corrected chi connectivity index (χ0v) is 13.5. The molecule has 2 aliphatic heterocycles. The average Bonchev–Trinajstić information content (AvgIpc) is 3.00. The van der Waals surface area contributed by atoms with E-state index in [1.54, 1.807) is 17.0 Å². The smallest absolute Gasteiger partial charge is 0.321 e. The standard InChI is InChI=1S/C17H24N4O2/c1-12(18)14-3-2-9-20(11-14)16(22)13-4-6-15(7-5-13)21-10-8-19-17(21)23/h4-7,12,14H,2-3,8-11,18H2,1H3,(H,19,23)/t12-,14+/m0/s1. The predicted molar refractivity (Wildman–Crippen MR) is 89.5 cm³/mol. The van der Waals surface area contributed by atoms with Crippen molar-refractivity contribution in [1.29, 1.82) is 0 Å². The number of carbonyl (C=O) groups is 2. The number of rotatable bonds is 3. The number of piperidine rings is 1. The minimum Gasteiger partial charge on any atom is -0.338 e. The molecule has 0 radical (unpaired) electrons. The Morgan fingerprint density at radius 3 is 2.65 bits per heavy atom. The molecule has 0 spiro atoms. The number of urea groups is 1. The van der Waals surface area contributed by atoms with Crippen molar-refractivity contribution >= 4 is 17.6 Å². The Kier molecular flexibility index (Phi) is 4.52. The molecular formula is C17H24N4O2. The Morgan fingerprint density at radius 1 is 1.30 bits per heavy atom. The van der Waals surface area contributed by atoms with Crippen LogP contribution in [-0.4, -0.2) is 49.1 Å². The molecule has 0 aromatic heterocycles. The monoisotopic (exact) mass is 316 g/mol. The third-order valence-electron chi connectivity index (χ3n) is 4.77. The molecule has 23 heavy (non-hydrogen) atoms. The lowest BCUT2D eigenvalue weighted by atomic mass is 9.92. The fourth-order valence-corrected chi connectivity index (χ4v) is 3.31. The maximum Gasteiger partial charge on any atom is 0.321 e. The summed E-state index contributed by atoms with van der Waals surface area (Å²) in [4.78, 5) is 27.9. The summed E-state index contributed by atoms with van der Waals surface area (Å²) in [5, 5.41) is 2.77. The van der Waals surface area contributed by atoms with E-state index in [4.69, 9.17) is 5.73 Å². The van der Waals surface area contributed by atoms with Gasteiger partial charge in [0.05, 0.1) is 0 Å². The van der Waals surface area contributed by atoms with Gasteiger partial charge in [0.1, 0.15) is 0 Å².